The first kappa shape index (κ1) is 26.9. The maximum atomic E-state index is 13.6. The summed E-state index contributed by atoms with van der Waals surface area (Å²) >= 11 is 0. The third kappa shape index (κ3) is 4.89. The number of carbonyl (C=O) groups excluding carboxylic acids is 2. The Balaban J connectivity index is 1.40. The predicted octanol–water partition coefficient (Wildman–Crippen LogP) is 5.74. The van der Waals surface area contributed by atoms with E-state index < -0.39 is 5.92 Å². The van der Waals surface area contributed by atoms with Gasteiger partial charge in [-0.25, -0.2) is 0 Å². The third-order valence-corrected chi connectivity index (χ3v) is 7.20. The first-order valence-electron chi connectivity index (χ1n) is 13.2. The summed E-state index contributed by atoms with van der Waals surface area (Å²) in [5.41, 5.74) is 3.09. The summed E-state index contributed by atoms with van der Waals surface area (Å²) in [6.07, 6.45) is 3.36. The lowest BCUT2D eigenvalue weighted by atomic mass is 9.84. The molecule has 0 spiro atoms. The first-order valence-corrected chi connectivity index (χ1v) is 13.2. The average Bonchev–Trinajstić information content (AvgIpc) is 3.34. The van der Waals surface area contributed by atoms with Gasteiger partial charge in [-0.15, -0.1) is 0 Å². The molecule has 0 fully saturated rings. The summed E-state index contributed by atoms with van der Waals surface area (Å²) < 4.78 is 34.4. The molecule has 6 rings (SSSR count). The first-order chi connectivity index (χ1) is 20.5. The topological polar surface area (TPSA) is 102 Å². The number of nitrogens with zero attached hydrogens (tertiary/aromatic N) is 1. The Morgan fingerprint density at radius 2 is 1.62 bits per heavy atom. The zero-order valence-corrected chi connectivity index (χ0v) is 23.2. The molecular weight excluding hydrogens is 538 g/mol. The highest BCUT2D eigenvalue weighted by Crippen LogP contribution is 2.50. The summed E-state index contributed by atoms with van der Waals surface area (Å²) in [7, 11) is 4.59. The monoisotopic (exact) mass is 565 g/mol. The van der Waals surface area contributed by atoms with Gasteiger partial charge < -0.3 is 28.4 Å². The van der Waals surface area contributed by atoms with Crippen LogP contribution in [0.1, 0.15) is 45.1 Å². The second-order valence-corrected chi connectivity index (χ2v) is 9.62. The molecule has 0 radical (unpaired) electrons. The molecule has 9 nitrogen and oxygen atoms in total. The number of ether oxygens (including phenoxy) is 6. The summed E-state index contributed by atoms with van der Waals surface area (Å²) in [5, 5.41) is 0. The second-order valence-electron chi connectivity index (χ2n) is 9.62. The molecule has 0 bridgehead atoms. The molecule has 0 saturated heterocycles. The van der Waals surface area contributed by atoms with Crippen LogP contribution in [0.2, 0.25) is 0 Å². The van der Waals surface area contributed by atoms with E-state index in [0.29, 0.717) is 51.2 Å². The molecule has 3 aromatic carbocycles. The standard InChI is InChI=1S/C33H27NO8/c1-37-26-17-28(39-3)27(38-2)14-19(26)15-29-32(36)22-11-12-25-31(33(22)42-29)23(16-30(35)41-25)21-9-4-5-10-24(21)40-18-20-8-6-7-13-34-20/h4-15,17,23H,16,18H2,1-3H3/b29-15-. The molecule has 0 amide bonds. The smallest absolute Gasteiger partial charge is 0.312 e. The van der Waals surface area contributed by atoms with Crippen LogP contribution in [0.3, 0.4) is 0 Å². The molecule has 212 valence electrons. The van der Waals surface area contributed by atoms with Crippen LogP contribution in [0.5, 0.6) is 34.5 Å². The van der Waals surface area contributed by atoms with Gasteiger partial charge in [0.05, 0.1) is 39.0 Å². The zero-order chi connectivity index (χ0) is 29.2. The minimum Gasteiger partial charge on any atom is -0.496 e. The maximum absolute atomic E-state index is 13.6. The van der Waals surface area contributed by atoms with Crippen molar-refractivity contribution in [1.82, 2.24) is 4.98 Å². The van der Waals surface area contributed by atoms with Crippen molar-refractivity contribution >= 4 is 17.8 Å². The number of carbonyl (C=O) groups is 2. The van der Waals surface area contributed by atoms with Crippen molar-refractivity contribution in [2.45, 2.75) is 18.9 Å². The van der Waals surface area contributed by atoms with Crippen molar-refractivity contribution in [3.05, 3.63) is 107 Å². The molecule has 4 aromatic rings. The number of benzene rings is 3. The highest BCUT2D eigenvalue weighted by atomic mass is 16.5. The molecule has 42 heavy (non-hydrogen) atoms. The largest absolute Gasteiger partial charge is 0.496 e. The number of aromatic nitrogens is 1. The lowest BCUT2D eigenvalue weighted by molar-refractivity contribution is -0.135. The fourth-order valence-corrected chi connectivity index (χ4v) is 5.21. The molecule has 1 unspecified atom stereocenters. The number of ketones is 1. The SMILES string of the molecule is COc1cc(OC)c(OC)cc1/C=C1\Oc2c(ccc3c2C(c2ccccc2OCc2ccccn2)CC(=O)O3)C1=O. The Hall–Kier alpha value is -5.31. The number of para-hydroxylation sites is 1. The van der Waals surface area contributed by atoms with Crippen LogP contribution >= 0.6 is 0 Å². The highest BCUT2D eigenvalue weighted by molar-refractivity contribution is 6.15. The van der Waals surface area contributed by atoms with Gasteiger partial charge in [-0.05, 0) is 42.5 Å². The van der Waals surface area contributed by atoms with Gasteiger partial charge in [0.15, 0.2) is 17.3 Å². The van der Waals surface area contributed by atoms with Crippen molar-refractivity contribution < 1.29 is 38.0 Å². The number of methoxy groups -OCH3 is 3. The summed E-state index contributed by atoms with van der Waals surface area (Å²) in [6, 6.07) is 19.8. The van der Waals surface area contributed by atoms with E-state index in [1.165, 1.54) is 21.3 Å². The Bertz CT molecular complexity index is 1710. The van der Waals surface area contributed by atoms with Crippen LogP contribution in [-0.2, 0) is 11.4 Å². The lowest BCUT2D eigenvalue weighted by Crippen LogP contribution is -2.22. The van der Waals surface area contributed by atoms with Crippen molar-refractivity contribution in [2.24, 2.45) is 0 Å². The minimum absolute atomic E-state index is 0.0491. The number of hydrogen-bond acceptors (Lipinski definition) is 9. The van der Waals surface area contributed by atoms with Gasteiger partial charge in [-0.3, -0.25) is 14.6 Å². The molecule has 9 heteroatoms. The summed E-state index contributed by atoms with van der Waals surface area (Å²) in [5.74, 6) is 1.65. The van der Waals surface area contributed by atoms with Crippen LogP contribution in [0.4, 0.5) is 0 Å². The number of allylic oxidation sites excluding steroid dienone is 1. The van der Waals surface area contributed by atoms with Crippen molar-refractivity contribution in [3.8, 4) is 34.5 Å². The van der Waals surface area contributed by atoms with Crippen LogP contribution in [0.25, 0.3) is 6.08 Å². The fraction of sp³-hybridized carbons (Fsp3) is 0.182. The third-order valence-electron chi connectivity index (χ3n) is 7.20. The molecule has 1 atom stereocenters. The number of fused-ring (bicyclic) bond motifs is 3. The van der Waals surface area contributed by atoms with Gasteiger partial charge >= 0.3 is 5.97 Å². The number of rotatable bonds is 8. The van der Waals surface area contributed by atoms with E-state index in [2.05, 4.69) is 4.98 Å². The van der Waals surface area contributed by atoms with Crippen molar-refractivity contribution in [2.75, 3.05) is 21.3 Å². The fourth-order valence-electron chi connectivity index (χ4n) is 5.21. The summed E-state index contributed by atoms with van der Waals surface area (Å²) in [4.78, 5) is 30.6. The van der Waals surface area contributed by atoms with Crippen LogP contribution in [-0.4, -0.2) is 38.1 Å². The van der Waals surface area contributed by atoms with Crippen LogP contribution < -0.4 is 28.4 Å². The van der Waals surface area contributed by atoms with E-state index in [9.17, 15) is 9.59 Å². The maximum Gasteiger partial charge on any atom is 0.312 e. The number of esters is 1. The molecule has 2 aliphatic heterocycles. The zero-order valence-electron chi connectivity index (χ0n) is 23.2. The van der Waals surface area contributed by atoms with E-state index in [-0.39, 0.29) is 30.5 Å². The molecule has 0 aliphatic carbocycles. The normalized spacial score (nSPS) is 16.3. The number of hydrogen-bond donors (Lipinski definition) is 0. The Kier molecular flexibility index (Phi) is 7.23. The molecule has 2 aliphatic rings. The van der Waals surface area contributed by atoms with Gasteiger partial charge in [-0.2, -0.15) is 0 Å². The van der Waals surface area contributed by atoms with E-state index >= 15 is 0 Å². The Morgan fingerprint density at radius 3 is 2.38 bits per heavy atom. The van der Waals surface area contributed by atoms with Crippen LogP contribution in [0.15, 0.2) is 78.7 Å². The molecule has 0 N–H and O–H groups in total. The second kappa shape index (κ2) is 11.3. The van der Waals surface area contributed by atoms with Gasteiger partial charge in [0.1, 0.15) is 29.6 Å². The van der Waals surface area contributed by atoms with Gasteiger partial charge in [0, 0.05) is 34.9 Å². The molecule has 3 heterocycles. The van der Waals surface area contributed by atoms with E-state index in [1.807, 2.05) is 42.5 Å². The quantitative estimate of drug-likeness (QED) is 0.150. The molecule has 1 aromatic heterocycles. The van der Waals surface area contributed by atoms with Gasteiger partial charge in [-0.1, -0.05) is 24.3 Å². The Labute approximate surface area is 242 Å². The van der Waals surface area contributed by atoms with Crippen molar-refractivity contribution in [1.29, 1.82) is 0 Å². The predicted molar refractivity (Wildman–Crippen MR) is 153 cm³/mol. The number of Topliss-reactive ketones (excluding diaryl/α,β-unsaturated/α-hetero) is 1. The summed E-state index contributed by atoms with van der Waals surface area (Å²) in [6.45, 7) is 0.254. The molecule has 0 saturated carbocycles. The average molecular weight is 566 g/mol. The van der Waals surface area contributed by atoms with E-state index in [0.717, 1.165) is 11.3 Å². The minimum atomic E-state index is -0.473. The Morgan fingerprint density at radius 1 is 0.857 bits per heavy atom. The van der Waals surface area contributed by atoms with Gasteiger partial charge in [0.2, 0.25) is 5.78 Å². The van der Waals surface area contributed by atoms with E-state index in [4.69, 9.17) is 28.4 Å². The molecular formula is C33H27NO8. The van der Waals surface area contributed by atoms with Crippen LogP contribution in [0, 0.1) is 0 Å². The van der Waals surface area contributed by atoms with Gasteiger partial charge in [0.25, 0.3) is 0 Å². The van der Waals surface area contributed by atoms with Crippen molar-refractivity contribution in [3.63, 3.8) is 0 Å². The number of pyridine rings is 1. The highest BCUT2D eigenvalue weighted by Gasteiger charge is 2.39. The van der Waals surface area contributed by atoms with E-state index in [1.54, 1.807) is 36.5 Å². The lowest BCUT2D eigenvalue weighted by Gasteiger charge is -2.27.